The molecule has 14 nitrogen and oxygen atoms in total. The number of allylic oxidation sites excluding steroid dienone is 1. The van der Waals surface area contributed by atoms with E-state index in [0.717, 1.165) is 12.8 Å². The standard InChI is InChI=1S/C35H48N6O8S/c1-6-22(2)50(47,48)40-32(45)35-19-25(35)12-10-8-7-9-11-13-27(38-33(46)49-34(3,4)5)31(44)41-21-26(18-28(41)30(43)39-35)37-29(42)24-16-14-23(20-36)15-17-24/h10,12,14-17,22,25-28H,6-9,11,13,18-19,21H2,1-5H3,(H,37,42)(H,38,46)(H,39,43)(H,40,45)/b12-10-/t22?,25-,26-,27+,28+,35-/m1/s1. The molecule has 2 aliphatic heterocycles. The molecule has 1 aliphatic carbocycles. The Kier molecular flexibility index (Phi) is 12.0. The monoisotopic (exact) mass is 712 g/mol. The zero-order valence-corrected chi connectivity index (χ0v) is 30.1. The van der Waals surface area contributed by atoms with Crippen LogP contribution in [-0.2, 0) is 29.1 Å². The van der Waals surface area contributed by atoms with Crippen LogP contribution >= 0.6 is 0 Å². The van der Waals surface area contributed by atoms with Gasteiger partial charge in [-0.3, -0.25) is 23.9 Å². The third-order valence-corrected chi connectivity index (χ3v) is 11.2. The molecule has 1 saturated carbocycles. The van der Waals surface area contributed by atoms with Gasteiger partial charge in [0.1, 0.15) is 23.2 Å². The molecule has 3 aliphatic rings. The van der Waals surface area contributed by atoms with E-state index in [1.54, 1.807) is 27.7 Å². The van der Waals surface area contributed by atoms with Crippen molar-refractivity contribution in [3.63, 3.8) is 0 Å². The van der Waals surface area contributed by atoms with Crippen LogP contribution in [0.3, 0.4) is 0 Å². The first kappa shape index (κ1) is 38.4. The molecule has 15 heteroatoms. The first-order chi connectivity index (χ1) is 23.5. The summed E-state index contributed by atoms with van der Waals surface area (Å²) < 4.78 is 33.3. The molecular formula is C35H48N6O8S. The maximum absolute atomic E-state index is 14.2. The van der Waals surface area contributed by atoms with E-state index in [1.807, 2.05) is 18.2 Å². The molecule has 1 saturated heterocycles. The molecule has 4 rings (SSSR count). The maximum Gasteiger partial charge on any atom is 0.408 e. The van der Waals surface area contributed by atoms with Crippen molar-refractivity contribution in [2.24, 2.45) is 5.92 Å². The lowest BCUT2D eigenvalue weighted by Gasteiger charge is -2.30. The van der Waals surface area contributed by atoms with Gasteiger partial charge in [-0.05, 0) is 90.5 Å². The number of ether oxygens (including phenoxy) is 1. The lowest BCUT2D eigenvalue weighted by Crippen LogP contribution is -2.58. The van der Waals surface area contributed by atoms with Gasteiger partial charge < -0.3 is 25.6 Å². The predicted molar refractivity (Wildman–Crippen MR) is 184 cm³/mol. The van der Waals surface area contributed by atoms with Crippen LogP contribution in [0.5, 0.6) is 0 Å². The number of sulfonamides is 1. The van der Waals surface area contributed by atoms with Gasteiger partial charge in [-0.2, -0.15) is 5.26 Å². The fourth-order valence-corrected chi connectivity index (χ4v) is 7.26. The van der Waals surface area contributed by atoms with Gasteiger partial charge in [0.05, 0.1) is 16.9 Å². The molecule has 5 amide bonds. The second kappa shape index (κ2) is 15.6. The predicted octanol–water partition coefficient (Wildman–Crippen LogP) is 2.79. The summed E-state index contributed by atoms with van der Waals surface area (Å²) in [4.78, 5) is 69.4. The van der Waals surface area contributed by atoms with E-state index in [1.165, 1.54) is 36.1 Å². The average Bonchev–Trinajstić information content (AvgIpc) is 3.58. The number of nitrogens with one attached hydrogen (secondary N) is 4. The van der Waals surface area contributed by atoms with Crippen molar-refractivity contribution < 1.29 is 37.1 Å². The van der Waals surface area contributed by atoms with E-state index >= 15 is 0 Å². The molecule has 1 aromatic carbocycles. The normalized spacial score (nSPS) is 27.1. The molecular weight excluding hydrogens is 664 g/mol. The Morgan fingerprint density at radius 3 is 2.46 bits per heavy atom. The van der Waals surface area contributed by atoms with Gasteiger partial charge >= 0.3 is 6.09 Å². The number of rotatable bonds is 7. The van der Waals surface area contributed by atoms with Crippen LogP contribution in [0.25, 0.3) is 0 Å². The molecule has 50 heavy (non-hydrogen) atoms. The minimum atomic E-state index is -4.02. The van der Waals surface area contributed by atoms with Crippen molar-refractivity contribution in [1.82, 2.24) is 25.6 Å². The number of carbonyl (C=O) groups is 5. The summed E-state index contributed by atoms with van der Waals surface area (Å²) in [6.07, 6.45) is 6.40. The van der Waals surface area contributed by atoms with Gasteiger partial charge in [-0.1, -0.05) is 31.9 Å². The fourth-order valence-electron chi connectivity index (χ4n) is 6.18. The molecule has 2 fully saturated rings. The van der Waals surface area contributed by atoms with E-state index in [9.17, 15) is 32.4 Å². The number of nitriles is 1. The van der Waals surface area contributed by atoms with E-state index in [-0.39, 0.29) is 37.8 Å². The van der Waals surface area contributed by atoms with E-state index < -0.39 is 80.2 Å². The second-order valence-electron chi connectivity index (χ2n) is 14.3. The summed E-state index contributed by atoms with van der Waals surface area (Å²) in [5.41, 5.74) is -1.73. The number of hydrogen-bond donors (Lipinski definition) is 4. The second-order valence-corrected chi connectivity index (χ2v) is 16.4. The summed E-state index contributed by atoms with van der Waals surface area (Å²) in [5.74, 6) is -3.04. The largest absolute Gasteiger partial charge is 0.444 e. The number of hydrogen-bond acceptors (Lipinski definition) is 9. The first-order valence-electron chi connectivity index (χ1n) is 17.2. The molecule has 1 unspecified atom stereocenters. The third-order valence-electron chi connectivity index (χ3n) is 9.33. The van der Waals surface area contributed by atoms with Crippen LogP contribution in [-0.4, -0.2) is 84.1 Å². The quantitative estimate of drug-likeness (QED) is 0.307. The number of amides is 5. The first-order valence-corrected chi connectivity index (χ1v) is 18.7. The highest BCUT2D eigenvalue weighted by atomic mass is 32.2. The van der Waals surface area contributed by atoms with Crippen molar-refractivity contribution in [3.8, 4) is 6.07 Å². The van der Waals surface area contributed by atoms with Gasteiger partial charge in [-0.15, -0.1) is 0 Å². The highest BCUT2D eigenvalue weighted by Crippen LogP contribution is 2.45. The van der Waals surface area contributed by atoms with E-state index in [2.05, 4.69) is 20.7 Å². The number of benzene rings is 1. The highest BCUT2D eigenvalue weighted by Gasteiger charge is 2.61. The van der Waals surface area contributed by atoms with Crippen molar-refractivity contribution in [3.05, 3.63) is 47.5 Å². The Morgan fingerprint density at radius 1 is 1.12 bits per heavy atom. The van der Waals surface area contributed by atoms with Crippen molar-refractivity contribution in [2.45, 2.75) is 121 Å². The number of carbonyl (C=O) groups excluding carboxylic acids is 5. The van der Waals surface area contributed by atoms with Crippen molar-refractivity contribution in [1.29, 1.82) is 5.26 Å². The zero-order chi connectivity index (χ0) is 36.9. The topological polar surface area (TPSA) is 204 Å². The van der Waals surface area contributed by atoms with Crippen LogP contribution in [0.2, 0.25) is 0 Å². The third kappa shape index (κ3) is 9.41. The Labute approximate surface area is 293 Å². The van der Waals surface area contributed by atoms with Crippen LogP contribution in [0, 0.1) is 17.2 Å². The Morgan fingerprint density at radius 2 is 1.82 bits per heavy atom. The summed E-state index contributed by atoms with van der Waals surface area (Å²) in [5, 5.41) is 16.6. The zero-order valence-electron chi connectivity index (χ0n) is 29.3. The highest BCUT2D eigenvalue weighted by molar-refractivity contribution is 7.90. The molecule has 0 bridgehead atoms. The van der Waals surface area contributed by atoms with Gasteiger partial charge in [0.2, 0.25) is 21.8 Å². The summed E-state index contributed by atoms with van der Waals surface area (Å²) in [6, 6.07) is 5.10. The molecule has 4 N–H and O–H groups in total. The lowest BCUT2D eigenvalue weighted by atomic mass is 10.0. The van der Waals surface area contributed by atoms with Crippen LogP contribution in [0.1, 0.15) is 102 Å². The van der Waals surface area contributed by atoms with Crippen molar-refractivity contribution >= 4 is 39.7 Å². The SMILES string of the molecule is CCC(C)S(=O)(=O)NC(=O)[C@@]12C[C@H]1/C=C\CCCCC[C@H](NC(=O)OC(C)(C)C)C(=O)N1C[C@H](NC(=O)c3ccc(C#N)cc3)C[C@H]1C(=O)N2. The Hall–Kier alpha value is -4.45. The van der Waals surface area contributed by atoms with Gasteiger partial charge in [-0.25, -0.2) is 13.2 Å². The van der Waals surface area contributed by atoms with Crippen LogP contribution in [0.15, 0.2) is 36.4 Å². The van der Waals surface area contributed by atoms with Crippen molar-refractivity contribution in [2.75, 3.05) is 6.54 Å². The number of fused-ring (bicyclic) bond motifs is 2. The number of alkyl carbamates (subject to hydrolysis) is 1. The molecule has 1 aromatic rings. The molecule has 6 atom stereocenters. The lowest BCUT2D eigenvalue weighted by molar-refractivity contribution is -0.141. The van der Waals surface area contributed by atoms with Crippen LogP contribution in [0.4, 0.5) is 4.79 Å². The average molecular weight is 713 g/mol. The smallest absolute Gasteiger partial charge is 0.408 e. The summed E-state index contributed by atoms with van der Waals surface area (Å²) in [6.45, 7) is 8.20. The molecule has 0 spiro atoms. The Bertz CT molecular complexity index is 1650. The van der Waals surface area contributed by atoms with Crippen LogP contribution < -0.4 is 20.7 Å². The van der Waals surface area contributed by atoms with Gasteiger partial charge in [0.25, 0.3) is 11.8 Å². The molecule has 2 heterocycles. The Balaban J connectivity index is 1.65. The molecule has 272 valence electrons. The van der Waals surface area contributed by atoms with Gasteiger partial charge in [0.15, 0.2) is 0 Å². The summed E-state index contributed by atoms with van der Waals surface area (Å²) >= 11 is 0. The minimum Gasteiger partial charge on any atom is -0.444 e. The number of nitrogens with zero attached hydrogens (tertiary/aromatic N) is 2. The van der Waals surface area contributed by atoms with E-state index in [4.69, 9.17) is 10.00 Å². The van der Waals surface area contributed by atoms with E-state index in [0.29, 0.717) is 18.4 Å². The van der Waals surface area contributed by atoms with Gasteiger partial charge in [0, 0.05) is 24.1 Å². The molecule has 0 radical (unpaired) electrons. The molecule has 0 aromatic heterocycles. The fraction of sp³-hybridized carbons (Fsp3) is 0.600. The summed E-state index contributed by atoms with van der Waals surface area (Å²) in [7, 11) is -4.02. The maximum atomic E-state index is 14.2. The minimum absolute atomic E-state index is 0.0118.